The van der Waals surface area contributed by atoms with Gasteiger partial charge in [0.25, 0.3) is 10.9 Å². The van der Waals surface area contributed by atoms with Gasteiger partial charge in [-0.05, 0) is 23.1 Å². The highest BCUT2D eigenvalue weighted by Crippen LogP contribution is 2.26. The van der Waals surface area contributed by atoms with Crippen LogP contribution < -0.4 is 37.4 Å². The molecule has 0 radical (unpaired) electrons. The molecule has 0 bridgehead atoms. The summed E-state index contributed by atoms with van der Waals surface area (Å²) in [5.74, 6) is 0.759. The average molecular weight is 391 g/mol. The Morgan fingerprint density at radius 2 is 2.03 bits per heavy atom. The lowest BCUT2D eigenvalue weighted by Gasteiger charge is -2.32. The molecule has 2 aromatic carbocycles. The van der Waals surface area contributed by atoms with E-state index < -0.39 is 10.9 Å². The van der Waals surface area contributed by atoms with Crippen molar-refractivity contribution in [3.05, 3.63) is 92.3 Å². The molecule has 0 spiro atoms. The SMILES string of the molecule is C=C(CC1NC(=C)NC1=C)NCc1ccc2c(c1)CN(c1c(N)c(=O)c1=O)CC2. The maximum absolute atomic E-state index is 11.8. The van der Waals surface area contributed by atoms with Crippen molar-refractivity contribution in [2.45, 2.75) is 32.0 Å². The molecule has 4 rings (SSSR count). The van der Waals surface area contributed by atoms with Crippen LogP contribution in [0.5, 0.6) is 0 Å². The van der Waals surface area contributed by atoms with Gasteiger partial charge in [0.05, 0.1) is 11.9 Å². The van der Waals surface area contributed by atoms with Crippen molar-refractivity contribution in [3.63, 3.8) is 0 Å². The molecule has 150 valence electrons. The summed E-state index contributed by atoms with van der Waals surface area (Å²) in [7, 11) is 0. The summed E-state index contributed by atoms with van der Waals surface area (Å²) in [5, 5.41) is 9.68. The van der Waals surface area contributed by atoms with Gasteiger partial charge in [0.15, 0.2) is 0 Å². The fraction of sp³-hybridized carbons (Fsp3) is 0.273. The van der Waals surface area contributed by atoms with E-state index in [1.165, 1.54) is 5.56 Å². The largest absolute Gasteiger partial charge is 0.394 e. The third-order valence-electron chi connectivity index (χ3n) is 5.59. The molecule has 7 heteroatoms. The summed E-state index contributed by atoms with van der Waals surface area (Å²) in [4.78, 5) is 25.2. The summed E-state index contributed by atoms with van der Waals surface area (Å²) in [6, 6.07) is 6.46. The number of anilines is 2. The van der Waals surface area contributed by atoms with E-state index in [4.69, 9.17) is 5.73 Å². The van der Waals surface area contributed by atoms with Crippen molar-refractivity contribution in [2.75, 3.05) is 17.2 Å². The first-order valence-electron chi connectivity index (χ1n) is 9.61. The first-order chi connectivity index (χ1) is 13.8. The van der Waals surface area contributed by atoms with Crippen LogP contribution >= 0.6 is 0 Å². The van der Waals surface area contributed by atoms with Gasteiger partial charge in [0, 0.05) is 37.4 Å². The average Bonchev–Trinajstić information content (AvgIpc) is 3.02. The maximum Gasteiger partial charge on any atom is 0.253 e. The molecule has 2 aliphatic heterocycles. The number of nitrogen functional groups attached to an aromatic ring is 1. The normalized spacial score (nSPS) is 18.3. The zero-order valence-electron chi connectivity index (χ0n) is 16.3. The van der Waals surface area contributed by atoms with Crippen LogP contribution in [0.15, 0.2) is 64.7 Å². The summed E-state index contributed by atoms with van der Waals surface area (Å²) in [6.45, 7) is 13.9. The first kappa shape index (κ1) is 18.9. The minimum absolute atomic E-state index is 0.0843. The first-order valence-corrected chi connectivity index (χ1v) is 9.61. The Hall–Kier alpha value is -3.48. The van der Waals surface area contributed by atoms with Crippen molar-refractivity contribution in [3.8, 4) is 0 Å². The van der Waals surface area contributed by atoms with Crippen LogP contribution in [-0.4, -0.2) is 12.6 Å². The number of hydrogen-bond acceptors (Lipinski definition) is 7. The van der Waals surface area contributed by atoms with Crippen LogP contribution in [-0.2, 0) is 19.5 Å². The van der Waals surface area contributed by atoms with E-state index in [9.17, 15) is 9.59 Å². The van der Waals surface area contributed by atoms with Crippen molar-refractivity contribution < 1.29 is 0 Å². The molecule has 5 N–H and O–H groups in total. The number of benzene rings is 1. The predicted molar refractivity (Wildman–Crippen MR) is 116 cm³/mol. The number of nitrogens with one attached hydrogen (secondary N) is 3. The molecular formula is C22H25N5O2. The lowest BCUT2D eigenvalue weighted by Crippen LogP contribution is -2.44. The molecule has 2 aromatic rings. The fourth-order valence-electron chi connectivity index (χ4n) is 3.96. The van der Waals surface area contributed by atoms with Gasteiger partial charge in [-0.25, -0.2) is 0 Å². The molecule has 0 saturated carbocycles. The molecule has 2 aliphatic rings. The monoisotopic (exact) mass is 391 g/mol. The fourth-order valence-corrected chi connectivity index (χ4v) is 3.96. The van der Waals surface area contributed by atoms with Gasteiger partial charge in [0.1, 0.15) is 11.4 Å². The van der Waals surface area contributed by atoms with E-state index in [0.717, 1.165) is 34.8 Å². The molecule has 0 amide bonds. The van der Waals surface area contributed by atoms with Crippen LogP contribution in [0.3, 0.4) is 0 Å². The van der Waals surface area contributed by atoms with Crippen LogP contribution in [0.25, 0.3) is 0 Å². The van der Waals surface area contributed by atoms with Gasteiger partial charge in [-0.15, -0.1) is 0 Å². The molecule has 1 saturated heterocycles. The predicted octanol–water partition coefficient (Wildman–Crippen LogP) is 0.967. The van der Waals surface area contributed by atoms with Gasteiger partial charge in [-0.3, -0.25) is 9.59 Å². The van der Waals surface area contributed by atoms with Crippen LogP contribution in [0.2, 0.25) is 0 Å². The molecule has 0 aliphatic carbocycles. The number of rotatable bonds is 6. The highest BCUT2D eigenvalue weighted by atomic mass is 16.2. The molecular weight excluding hydrogens is 366 g/mol. The quantitative estimate of drug-likeness (QED) is 0.545. The number of nitrogens with zero attached hydrogens (tertiary/aromatic N) is 1. The third kappa shape index (κ3) is 3.51. The second kappa shape index (κ2) is 7.16. The van der Waals surface area contributed by atoms with Crippen LogP contribution in [0.1, 0.15) is 23.1 Å². The van der Waals surface area contributed by atoms with E-state index in [1.807, 2.05) is 4.90 Å². The Morgan fingerprint density at radius 1 is 1.24 bits per heavy atom. The lowest BCUT2D eigenvalue weighted by atomic mass is 9.96. The van der Waals surface area contributed by atoms with E-state index in [1.54, 1.807) is 0 Å². The summed E-state index contributed by atoms with van der Waals surface area (Å²) in [5.41, 5.74) is 10.5. The Bertz CT molecular complexity index is 1090. The van der Waals surface area contributed by atoms with E-state index in [2.05, 4.69) is 53.9 Å². The number of fused-ring (bicyclic) bond motifs is 1. The van der Waals surface area contributed by atoms with E-state index in [0.29, 0.717) is 31.7 Å². The minimum Gasteiger partial charge on any atom is -0.394 e. The zero-order chi connectivity index (χ0) is 20.7. The topological polar surface area (TPSA) is 99.5 Å². The highest BCUT2D eigenvalue weighted by molar-refractivity contribution is 5.73. The minimum atomic E-state index is -0.569. The van der Waals surface area contributed by atoms with Crippen molar-refractivity contribution in [1.29, 1.82) is 0 Å². The lowest BCUT2D eigenvalue weighted by molar-refractivity contribution is 0.645. The Labute approximate surface area is 169 Å². The molecule has 2 heterocycles. The Balaban J connectivity index is 1.38. The van der Waals surface area contributed by atoms with Gasteiger partial charge >= 0.3 is 0 Å². The van der Waals surface area contributed by atoms with Crippen LogP contribution in [0, 0.1) is 0 Å². The number of nitrogens with two attached hydrogens (primary N) is 1. The molecule has 29 heavy (non-hydrogen) atoms. The second-order valence-corrected chi connectivity index (χ2v) is 7.68. The Morgan fingerprint density at radius 3 is 2.72 bits per heavy atom. The van der Waals surface area contributed by atoms with Gasteiger partial charge in [-0.2, -0.15) is 0 Å². The van der Waals surface area contributed by atoms with Crippen molar-refractivity contribution in [1.82, 2.24) is 16.0 Å². The van der Waals surface area contributed by atoms with Crippen LogP contribution in [0.4, 0.5) is 11.4 Å². The molecule has 1 unspecified atom stereocenters. The van der Waals surface area contributed by atoms with Crippen molar-refractivity contribution >= 4 is 11.4 Å². The van der Waals surface area contributed by atoms with Gasteiger partial charge in [0.2, 0.25) is 0 Å². The van der Waals surface area contributed by atoms with Crippen molar-refractivity contribution in [2.24, 2.45) is 0 Å². The smallest absolute Gasteiger partial charge is 0.253 e. The van der Waals surface area contributed by atoms with E-state index >= 15 is 0 Å². The molecule has 7 nitrogen and oxygen atoms in total. The zero-order valence-corrected chi connectivity index (χ0v) is 16.3. The standard InChI is InChI=1S/C22H25N5O2/c1-12(8-18-13(2)25-14(3)26-18)24-10-15-4-5-16-6-7-27(11-17(16)9-15)20-19(23)21(28)22(20)29/h4-5,9,18,24-26H,1-3,6-8,10-11,23H2. The molecule has 1 fully saturated rings. The highest BCUT2D eigenvalue weighted by Gasteiger charge is 2.27. The number of hydrogen-bond donors (Lipinski definition) is 4. The summed E-state index contributed by atoms with van der Waals surface area (Å²) < 4.78 is 0. The third-order valence-corrected chi connectivity index (χ3v) is 5.59. The molecule has 1 atom stereocenters. The summed E-state index contributed by atoms with van der Waals surface area (Å²) >= 11 is 0. The maximum atomic E-state index is 11.8. The second-order valence-electron chi connectivity index (χ2n) is 7.68. The Kier molecular flexibility index (Phi) is 4.66. The summed E-state index contributed by atoms with van der Waals surface area (Å²) in [6.07, 6.45) is 1.54. The van der Waals surface area contributed by atoms with Gasteiger partial charge < -0.3 is 26.6 Å². The molecule has 0 aromatic heterocycles. The van der Waals surface area contributed by atoms with E-state index in [-0.39, 0.29) is 11.7 Å². The van der Waals surface area contributed by atoms with Gasteiger partial charge in [-0.1, -0.05) is 37.9 Å².